The predicted octanol–water partition coefficient (Wildman–Crippen LogP) is 3.52. The van der Waals surface area contributed by atoms with Crippen molar-refractivity contribution in [2.45, 2.75) is 17.3 Å². The molecular weight excluding hydrogens is 402 g/mol. The lowest BCUT2D eigenvalue weighted by Crippen LogP contribution is -2.31. The Balaban J connectivity index is 1.54. The Labute approximate surface area is 170 Å². The molecule has 144 valence electrons. The number of ether oxygens (including phenoxy) is 1. The predicted molar refractivity (Wildman–Crippen MR) is 112 cm³/mol. The van der Waals surface area contributed by atoms with Gasteiger partial charge in [-0.1, -0.05) is 35.2 Å². The summed E-state index contributed by atoms with van der Waals surface area (Å²) >= 11 is 4.47. The molecule has 3 rings (SSSR count). The first kappa shape index (κ1) is 20.0. The number of carbonyl (C=O) groups is 1. The number of benzene rings is 1. The monoisotopic (exact) mass is 423 g/mol. The van der Waals surface area contributed by atoms with Crippen molar-refractivity contribution in [3.8, 4) is 0 Å². The van der Waals surface area contributed by atoms with Crippen LogP contribution in [0.2, 0.25) is 0 Å². The number of para-hydroxylation sites is 1. The molecule has 0 fully saturated rings. The van der Waals surface area contributed by atoms with E-state index in [0.29, 0.717) is 18.9 Å². The minimum Gasteiger partial charge on any atom is -0.383 e. The molecule has 0 aliphatic carbocycles. The average molecular weight is 424 g/mol. The largest absolute Gasteiger partial charge is 0.383 e. The van der Waals surface area contributed by atoms with Gasteiger partial charge >= 0.3 is 0 Å². The van der Waals surface area contributed by atoms with E-state index in [0.717, 1.165) is 24.7 Å². The van der Waals surface area contributed by atoms with Crippen molar-refractivity contribution in [2.75, 3.05) is 38.4 Å². The van der Waals surface area contributed by atoms with Crippen molar-refractivity contribution in [1.82, 2.24) is 20.1 Å². The second-order valence-corrected chi connectivity index (χ2v) is 9.04. The summed E-state index contributed by atoms with van der Waals surface area (Å²) in [6.45, 7) is 3.29. The third-order valence-electron chi connectivity index (χ3n) is 3.95. The van der Waals surface area contributed by atoms with Gasteiger partial charge in [0.05, 0.1) is 28.6 Å². The standard InChI is InChI=1S/C17H21N5O2S3/c1-11(15-19-12-6-4-5-7-13(12)26-15)22(2)14(23)10-25-17-21-20-16(27-17)18-8-9-24-3/h4-7,11H,8-10H2,1-3H3,(H,18,20)/t11-/m1/s1. The van der Waals surface area contributed by atoms with Crippen molar-refractivity contribution >= 4 is 55.7 Å². The first-order valence-electron chi connectivity index (χ1n) is 8.38. The van der Waals surface area contributed by atoms with E-state index in [1.807, 2.05) is 32.2 Å². The number of thiazole rings is 1. The molecule has 1 atom stereocenters. The fourth-order valence-corrected chi connectivity index (χ4v) is 5.04. The van der Waals surface area contributed by atoms with Gasteiger partial charge in [0.1, 0.15) is 5.01 Å². The summed E-state index contributed by atoms with van der Waals surface area (Å²) in [5.74, 6) is 0.356. The Bertz CT molecular complexity index is 864. The lowest BCUT2D eigenvalue weighted by molar-refractivity contribution is -0.128. The SMILES string of the molecule is COCCNc1nnc(SCC(=O)N(C)[C@H](C)c2nc3ccccc3s2)s1. The van der Waals surface area contributed by atoms with Crippen LogP contribution in [0.3, 0.4) is 0 Å². The van der Waals surface area contributed by atoms with Crippen LogP contribution in [0.5, 0.6) is 0 Å². The summed E-state index contributed by atoms with van der Waals surface area (Å²) in [5.41, 5.74) is 0.974. The minimum absolute atomic E-state index is 0.0378. The third kappa shape index (κ3) is 5.16. The maximum Gasteiger partial charge on any atom is 0.233 e. The normalized spacial score (nSPS) is 12.3. The average Bonchev–Trinajstić information content (AvgIpc) is 3.31. The number of nitrogens with one attached hydrogen (secondary N) is 1. The molecule has 0 radical (unpaired) electrons. The van der Waals surface area contributed by atoms with Crippen molar-refractivity contribution in [1.29, 1.82) is 0 Å². The summed E-state index contributed by atoms with van der Waals surface area (Å²) in [7, 11) is 3.47. The maximum atomic E-state index is 12.6. The maximum absolute atomic E-state index is 12.6. The number of nitrogens with zero attached hydrogens (tertiary/aromatic N) is 4. The summed E-state index contributed by atoms with van der Waals surface area (Å²) in [5, 5.41) is 13.0. The van der Waals surface area contributed by atoms with E-state index in [4.69, 9.17) is 4.74 Å². The highest BCUT2D eigenvalue weighted by Gasteiger charge is 2.21. The fraction of sp³-hybridized carbons (Fsp3) is 0.412. The fourth-order valence-electron chi connectivity index (χ4n) is 2.28. The number of rotatable bonds is 9. The van der Waals surface area contributed by atoms with Gasteiger partial charge in [0.25, 0.3) is 0 Å². The molecule has 0 spiro atoms. The lowest BCUT2D eigenvalue weighted by atomic mass is 10.3. The Morgan fingerprint density at radius 3 is 2.93 bits per heavy atom. The first-order valence-corrected chi connectivity index (χ1v) is 11.0. The van der Waals surface area contributed by atoms with Crippen LogP contribution in [0.15, 0.2) is 28.6 Å². The van der Waals surface area contributed by atoms with Gasteiger partial charge in [0, 0.05) is 20.7 Å². The van der Waals surface area contributed by atoms with Crippen LogP contribution < -0.4 is 5.32 Å². The lowest BCUT2D eigenvalue weighted by Gasteiger charge is -2.22. The topological polar surface area (TPSA) is 80.2 Å². The second-order valence-electron chi connectivity index (χ2n) is 5.78. The summed E-state index contributed by atoms with van der Waals surface area (Å²) in [4.78, 5) is 19.0. The minimum atomic E-state index is -0.0730. The molecule has 2 aromatic heterocycles. The van der Waals surface area contributed by atoms with Crippen molar-refractivity contribution in [3.05, 3.63) is 29.3 Å². The number of aromatic nitrogens is 3. The van der Waals surface area contributed by atoms with Gasteiger partial charge < -0.3 is 15.0 Å². The molecule has 0 saturated carbocycles. The Morgan fingerprint density at radius 1 is 1.33 bits per heavy atom. The zero-order valence-electron chi connectivity index (χ0n) is 15.3. The number of carbonyl (C=O) groups excluding carboxylic acids is 1. The molecule has 1 aromatic carbocycles. The molecule has 27 heavy (non-hydrogen) atoms. The molecular formula is C17H21N5O2S3. The molecule has 0 unspecified atom stereocenters. The van der Waals surface area contributed by atoms with Gasteiger partial charge in [-0.2, -0.15) is 0 Å². The molecule has 2 heterocycles. The van der Waals surface area contributed by atoms with E-state index in [1.165, 1.54) is 23.1 Å². The van der Waals surface area contributed by atoms with Crippen LogP contribution >= 0.6 is 34.4 Å². The van der Waals surface area contributed by atoms with Crippen LogP contribution in [0.4, 0.5) is 5.13 Å². The number of hydrogen-bond donors (Lipinski definition) is 1. The molecule has 1 amide bonds. The summed E-state index contributed by atoms with van der Waals surface area (Å²) in [6, 6.07) is 7.95. The molecule has 1 N–H and O–H groups in total. The van der Waals surface area contributed by atoms with E-state index >= 15 is 0 Å². The van der Waals surface area contributed by atoms with Crippen LogP contribution in [-0.4, -0.2) is 59.1 Å². The molecule has 0 aliphatic heterocycles. The molecule has 7 nitrogen and oxygen atoms in total. The van der Waals surface area contributed by atoms with Crippen LogP contribution in [-0.2, 0) is 9.53 Å². The van der Waals surface area contributed by atoms with Gasteiger partial charge in [-0.05, 0) is 19.1 Å². The van der Waals surface area contributed by atoms with Gasteiger partial charge in [-0.3, -0.25) is 4.79 Å². The van der Waals surface area contributed by atoms with Crippen LogP contribution in [0.1, 0.15) is 18.0 Å². The number of anilines is 1. The van der Waals surface area contributed by atoms with Crippen LogP contribution in [0, 0.1) is 0 Å². The zero-order valence-corrected chi connectivity index (χ0v) is 17.8. The number of hydrogen-bond acceptors (Lipinski definition) is 9. The van der Waals surface area contributed by atoms with E-state index in [-0.39, 0.29) is 11.9 Å². The number of methoxy groups -OCH3 is 1. The van der Waals surface area contributed by atoms with E-state index < -0.39 is 0 Å². The number of fused-ring (bicyclic) bond motifs is 1. The summed E-state index contributed by atoms with van der Waals surface area (Å²) < 4.78 is 6.89. The van der Waals surface area contributed by atoms with Gasteiger partial charge in [0.15, 0.2) is 4.34 Å². The molecule has 0 saturated heterocycles. The van der Waals surface area contributed by atoms with Gasteiger partial charge in [-0.15, -0.1) is 21.5 Å². The van der Waals surface area contributed by atoms with E-state index in [1.54, 1.807) is 23.3 Å². The highest BCUT2D eigenvalue weighted by atomic mass is 32.2. The van der Waals surface area contributed by atoms with E-state index in [9.17, 15) is 4.79 Å². The van der Waals surface area contributed by atoms with Crippen LogP contribution in [0.25, 0.3) is 10.2 Å². The molecule has 0 bridgehead atoms. The van der Waals surface area contributed by atoms with Crippen molar-refractivity contribution in [3.63, 3.8) is 0 Å². The third-order valence-corrected chi connectivity index (χ3v) is 7.16. The van der Waals surface area contributed by atoms with Gasteiger partial charge in [-0.25, -0.2) is 4.98 Å². The molecule has 3 aromatic rings. The smallest absolute Gasteiger partial charge is 0.233 e. The Hall–Kier alpha value is -1.75. The van der Waals surface area contributed by atoms with Gasteiger partial charge in [0.2, 0.25) is 11.0 Å². The Morgan fingerprint density at radius 2 is 2.15 bits per heavy atom. The molecule has 10 heteroatoms. The molecule has 0 aliphatic rings. The van der Waals surface area contributed by atoms with Crippen molar-refractivity contribution in [2.24, 2.45) is 0 Å². The first-order chi connectivity index (χ1) is 13.1. The highest BCUT2D eigenvalue weighted by Crippen LogP contribution is 2.30. The highest BCUT2D eigenvalue weighted by molar-refractivity contribution is 8.01. The van der Waals surface area contributed by atoms with Crippen molar-refractivity contribution < 1.29 is 9.53 Å². The number of thioether (sulfide) groups is 1. The Kier molecular flexibility index (Phi) is 7.00. The van der Waals surface area contributed by atoms with E-state index in [2.05, 4.69) is 26.6 Å². The number of amides is 1. The second kappa shape index (κ2) is 9.45. The summed E-state index contributed by atoms with van der Waals surface area (Å²) in [6.07, 6.45) is 0. The zero-order chi connectivity index (χ0) is 19.2. The quantitative estimate of drug-likeness (QED) is 0.417.